The van der Waals surface area contributed by atoms with Crippen LogP contribution in [0.25, 0.3) is 0 Å². The number of benzene rings is 1. The van der Waals surface area contributed by atoms with Crippen LogP contribution in [0.1, 0.15) is 21.1 Å². The Kier molecular flexibility index (Phi) is 7.84. The van der Waals surface area contributed by atoms with Gasteiger partial charge in [0.25, 0.3) is 5.91 Å². The molecule has 2 aromatic rings. The molecule has 1 atom stereocenters. The highest BCUT2D eigenvalue weighted by molar-refractivity contribution is 7.09. The fourth-order valence-electron chi connectivity index (χ4n) is 2.10. The van der Waals surface area contributed by atoms with Gasteiger partial charge in [-0.05, 0) is 5.56 Å². The van der Waals surface area contributed by atoms with E-state index in [4.69, 9.17) is 5.73 Å². The van der Waals surface area contributed by atoms with Crippen molar-refractivity contribution in [2.24, 2.45) is 5.73 Å². The van der Waals surface area contributed by atoms with Gasteiger partial charge in [-0.2, -0.15) is 0 Å². The molecule has 130 valence electrons. The van der Waals surface area contributed by atoms with E-state index >= 15 is 0 Å². The molecule has 2 amide bonds. The van der Waals surface area contributed by atoms with E-state index in [0.29, 0.717) is 23.7 Å². The van der Waals surface area contributed by atoms with Crippen molar-refractivity contribution in [3.05, 3.63) is 52.0 Å². The first kappa shape index (κ1) is 20.1. The highest BCUT2D eigenvalue weighted by atomic mass is 35.5. The Morgan fingerprint density at radius 3 is 2.50 bits per heavy atom. The van der Waals surface area contributed by atoms with E-state index in [-0.39, 0.29) is 24.2 Å². The van der Waals surface area contributed by atoms with Gasteiger partial charge >= 0.3 is 0 Å². The number of hydrogen-bond donors (Lipinski definition) is 2. The van der Waals surface area contributed by atoms with E-state index in [0.717, 1.165) is 5.56 Å². The summed E-state index contributed by atoms with van der Waals surface area (Å²) in [7, 11) is 3.34. The molecule has 0 bridgehead atoms. The average Bonchev–Trinajstić information content (AvgIpc) is 3.03. The summed E-state index contributed by atoms with van der Waals surface area (Å²) in [6, 6.07) is 8.94. The van der Waals surface area contributed by atoms with Gasteiger partial charge in [-0.25, -0.2) is 4.98 Å². The molecule has 1 aromatic carbocycles. The van der Waals surface area contributed by atoms with E-state index in [1.165, 1.54) is 16.2 Å². The summed E-state index contributed by atoms with van der Waals surface area (Å²) >= 11 is 1.33. The number of carbonyl (C=O) groups excluding carboxylic acids is 2. The van der Waals surface area contributed by atoms with Crippen molar-refractivity contribution >= 4 is 35.6 Å². The number of carbonyl (C=O) groups is 2. The quantitative estimate of drug-likeness (QED) is 0.807. The molecule has 0 fully saturated rings. The van der Waals surface area contributed by atoms with Gasteiger partial charge in [0.2, 0.25) is 5.91 Å². The van der Waals surface area contributed by atoms with Crippen LogP contribution in [-0.4, -0.2) is 41.8 Å². The largest absolute Gasteiger partial charge is 0.347 e. The number of rotatable bonds is 6. The molecular weight excluding hydrogens is 348 g/mol. The van der Waals surface area contributed by atoms with Crippen LogP contribution in [0, 0.1) is 0 Å². The van der Waals surface area contributed by atoms with Crippen LogP contribution in [-0.2, 0) is 17.8 Å². The van der Waals surface area contributed by atoms with Crippen molar-refractivity contribution in [3.8, 4) is 0 Å². The average molecular weight is 369 g/mol. The van der Waals surface area contributed by atoms with Crippen LogP contribution in [0.15, 0.2) is 35.7 Å². The van der Waals surface area contributed by atoms with Crippen molar-refractivity contribution < 1.29 is 9.59 Å². The lowest BCUT2D eigenvalue weighted by Gasteiger charge is -2.21. The molecule has 0 aliphatic heterocycles. The van der Waals surface area contributed by atoms with E-state index in [1.807, 2.05) is 30.3 Å². The molecule has 0 aliphatic rings. The lowest BCUT2D eigenvalue weighted by Crippen LogP contribution is -2.47. The van der Waals surface area contributed by atoms with Crippen LogP contribution in [0.4, 0.5) is 0 Å². The molecule has 6 nitrogen and oxygen atoms in total. The zero-order valence-electron chi connectivity index (χ0n) is 13.6. The fourth-order valence-corrected chi connectivity index (χ4v) is 2.76. The SMILES string of the molecule is CN(C)C(=O)C(Cc1ccccc1)NC(=O)c1csc(CN)n1.Cl. The summed E-state index contributed by atoms with van der Waals surface area (Å²) in [5.41, 5.74) is 6.78. The van der Waals surface area contributed by atoms with Gasteiger partial charge in [0.1, 0.15) is 16.7 Å². The first-order valence-electron chi connectivity index (χ1n) is 7.21. The van der Waals surface area contributed by atoms with Crippen molar-refractivity contribution in [2.75, 3.05) is 14.1 Å². The minimum atomic E-state index is -0.636. The van der Waals surface area contributed by atoms with Gasteiger partial charge < -0.3 is 16.0 Å². The maximum Gasteiger partial charge on any atom is 0.271 e. The lowest BCUT2D eigenvalue weighted by atomic mass is 10.0. The first-order valence-corrected chi connectivity index (χ1v) is 8.09. The van der Waals surface area contributed by atoms with Gasteiger partial charge in [0.15, 0.2) is 0 Å². The Hall–Kier alpha value is -1.96. The molecule has 2 rings (SSSR count). The predicted molar refractivity (Wildman–Crippen MR) is 97.3 cm³/mol. The standard InChI is InChI=1S/C16H20N4O2S.ClH/c1-20(2)16(22)12(8-11-6-4-3-5-7-11)19-15(21)13-10-23-14(9-17)18-13;/h3-7,10,12H,8-9,17H2,1-2H3,(H,19,21);1H. The molecule has 0 spiro atoms. The summed E-state index contributed by atoms with van der Waals surface area (Å²) < 4.78 is 0. The highest BCUT2D eigenvalue weighted by Crippen LogP contribution is 2.10. The summed E-state index contributed by atoms with van der Waals surface area (Å²) in [6.07, 6.45) is 0.428. The normalized spacial score (nSPS) is 11.3. The topological polar surface area (TPSA) is 88.3 Å². The Bertz CT molecular complexity index is 676. The molecule has 0 radical (unpaired) electrons. The molecule has 1 heterocycles. The zero-order chi connectivity index (χ0) is 16.8. The maximum absolute atomic E-state index is 12.3. The van der Waals surface area contributed by atoms with Crippen LogP contribution < -0.4 is 11.1 Å². The summed E-state index contributed by atoms with van der Waals surface area (Å²) in [4.78, 5) is 30.3. The van der Waals surface area contributed by atoms with Gasteiger partial charge in [-0.15, -0.1) is 23.7 Å². The zero-order valence-corrected chi connectivity index (χ0v) is 15.2. The molecule has 0 aliphatic carbocycles. The van der Waals surface area contributed by atoms with Crippen molar-refractivity contribution in [3.63, 3.8) is 0 Å². The van der Waals surface area contributed by atoms with Gasteiger partial charge in [-0.1, -0.05) is 30.3 Å². The number of aromatic nitrogens is 1. The number of halogens is 1. The molecular formula is C16H21ClN4O2S. The van der Waals surface area contributed by atoms with E-state index in [9.17, 15) is 9.59 Å². The van der Waals surface area contributed by atoms with Crippen molar-refractivity contribution in [2.45, 2.75) is 19.0 Å². The van der Waals surface area contributed by atoms with Gasteiger partial charge in [-0.3, -0.25) is 9.59 Å². The first-order chi connectivity index (χ1) is 11.0. The number of amides is 2. The number of hydrogen-bond acceptors (Lipinski definition) is 5. The van der Waals surface area contributed by atoms with Gasteiger partial charge in [0.05, 0.1) is 0 Å². The molecule has 0 saturated heterocycles. The van der Waals surface area contributed by atoms with E-state index in [2.05, 4.69) is 10.3 Å². The predicted octanol–water partition coefficient (Wildman–Crippen LogP) is 1.45. The third-order valence-electron chi connectivity index (χ3n) is 3.29. The third kappa shape index (κ3) is 5.30. The highest BCUT2D eigenvalue weighted by Gasteiger charge is 2.24. The third-order valence-corrected chi connectivity index (χ3v) is 4.16. The second kappa shape index (κ2) is 9.36. The number of nitrogens with one attached hydrogen (secondary N) is 1. The van der Waals surface area contributed by atoms with Crippen LogP contribution in [0.5, 0.6) is 0 Å². The molecule has 1 aromatic heterocycles. The molecule has 1 unspecified atom stereocenters. The summed E-state index contributed by atoms with van der Waals surface area (Å²) in [6.45, 7) is 0.294. The maximum atomic E-state index is 12.3. The number of nitrogens with zero attached hydrogens (tertiary/aromatic N) is 2. The minimum Gasteiger partial charge on any atom is -0.347 e. The molecule has 3 N–H and O–H groups in total. The van der Waals surface area contributed by atoms with E-state index in [1.54, 1.807) is 19.5 Å². The second-order valence-electron chi connectivity index (χ2n) is 5.28. The van der Waals surface area contributed by atoms with Crippen LogP contribution >= 0.6 is 23.7 Å². The smallest absolute Gasteiger partial charge is 0.271 e. The minimum absolute atomic E-state index is 0. The number of likely N-dealkylation sites (N-methyl/N-ethyl adjacent to an activating group) is 1. The van der Waals surface area contributed by atoms with E-state index < -0.39 is 6.04 Å². The lowest BCUT2D eigenvalue weighted by molar-refractivity contribution is -0.130. The molecule has 0 saturated carbocycles. The molecule has 8 heteroatoms. The molecule has 24 heavy (non-hydrogen) atoms. The Labute approximate surface area is 151 Å². The Morgan fingerprint density at radius 1 is 1.29 bits per heavy atom. The Balaban J connectivity index is 0.00000288. The van der Waals surface area contributed by atoms with Gasteiger partial charge in [0, 0.05) is 32.4 Å². The summed E-state index contributed by atoms with van der Waals surface area (Å²) in [5, 5.41) is 5.11. The Morgan fingerprint density at radius 2 is 1.96 bits per heavy atom. The summed E-state index contributed by atoms with van der Waals surface area (Å²) in [5.74, 6) is -0.520. The van der Waals surface area contributed by atoms with Crippen molar-refractivity contribution in [1.29, 1.82) is 0 Å². The fraction of sp³-hybridized carbons (Fsp3) is 0.312. The monoisotopic (exact) mass is 368 g/mol. The van der Waals surface area contributed by atoms with Crippen molar-refractivity contribution in [1.82, 2.24) is 15.2 Å². The van der Waals surface area contributed by atoms with Crippen LogP contribution in [0.2, 0.25) is 0 Å². The number of thiazole rings is 1. The number of nitrogens with two attached hydrogens (primary N) is 1. The second-order valence-corrected chi connectivity index (χ2v) is 6.22. The van der Waals surface area contributed by atoms with Crippen LogP contribution in [0.3, 0.4) is 0 Å².